The highest BCUT2D eigenvalue weighted by atomic mass is 19.1. The Labute approximate surface area is 154 Å². The monoisotopic (exact) mass is 378 g/mol. The number of nitrogens with zero attached hydrogens (tertiary/aromatic N) is 1. The summed E-state index contributed by atoms with van der Waals surface area (Å²) in [4.78, 5) is 9.94. The van der Waals surface area contributed by atoms with Crippen LogP contribution in [0.1, 0.15) is 34.7 Å². The van der Waals surface area contributed by atoms with E-state index in [-0.39, 0.29) is 28.8 Å². The molecule has 1 heterocycles. The Morgan fingerprint density at radius 1 is 0.963 bits per heavy atom. The molecule has 0 radical (unpaired) electrons. The van der Waals surface area contributed by atoms with Gasteiger partial charge in [-0.2, -0.15) is 5.10 Å². The summed E-state index contributed by atoms with van der Waals surface area (Å²) in [6.45, 7) is 3.02. The molecule has 27 heavy (non-hydrogen) atoms. The lowest BCUT2D eigenvalue weighted by molar-refractivity contribution is -0.104. The maximum absolute atomic E-state index is 13.4. The normalized spacial score (nSPS) is 15.4. The fraction of sp³-hybridized carbons (Fsp3) is 0.200. The number of aryl methyl sites for hydroxylation is 2. The molecule has 1 aliphatic heterocycles. The number of rotatable bonds is 3. The molecule has 1 aliphatic rings. The Kier molecular flexibility index (Phi) is 6.87. The number of aldehydes is 1. The molecule has 2 aromatic carbocycles. The van der Waals surface area contributed by atoms with Crippen molar-refractivity contribution in [3.63, 3.8) is 0 Å². The van der Waals surface area contributed by atoms with Crippen molar-refractivity contribution < 1.29 is 22.4 Å². The van der Waals surface area contributed by atoms with E-state index in [9.17, 15) is 22.4 Å². The fourth-order valence-corrected chi connectivity index (χ4v) is 2.41. The number of halogens is 4. The Balaban J connectivity index is 0.000000194. The quantitative estimate of drug-likeness (QED) is 0.475. The van der Waals surface area contributed by atoms with Gasteiger partial charge in [0.1, 0.15) is 29.6 Å². The van der Waals surface area contributed by atoms with Gasteiger partial charge >= 0.3 is 0 Å². The van der Waals surface area contributed by atoms with Crippen molar-refractivity contribution in [3.05, 3.63) is 75.9 Å². The van der Waals surface area contributed by atoms with E-state index < -0.39 is 11.6 Å². The molecule has 1 atom stereocenters. The Morgan fingerprint density at radius 3 is 2.19 bits per heavy atom. The van der Waals surface area contributed by atoms with Crippen molar-refractivity contribution in [1.82, 2.24) is 5.43 Å². The van der Waals surface area contributed by atoms with Gasteiger partial charge in [0, 0.05) is 23.8 Å². The molecule has 0 saturated carbocycles. The van der Waals surface area contributed by atoms with Crippen LogP contribution >= 0.6 is 0 Å². The number of carbonyl (C=O) groups is 1. The molecule has 3 rings (SSSR count). The highest BCUT2D eigenvalue weighted by Gasteiger charge is 2.18. The van der Waals surface area contributed by atoms with E-state index >= 15 is 0 Å². The first-order chi connectivity index (χ1) is 12.8. The van der Waals surface area contributed by atoms with Crippen LogP contribution in [0.5, 0.6) is 0 Å². The molecular weight excluding hydrogens is 360 g/mol. The summed E-state index contributed by atoms with van der Waals surface area (Å²) < 4.78 is 52.5. The van der Waals surface area contributed by atoms with Crippen LogP contribution in [0.3, 0.4) is 0 Å². The molecule has 0 fully saturated rings. The number of hydrogen-bond donors (Lipinski definition) is 1. The van der Waals surface area contributed by atoms with E-state index in [1.807, 2.05) is 0 Å². The summed E-state index contributed by atoms with van der Waals surface area (Å²) in [5.41, 5.74) is 3.72. The molecular formula is C20H18F4N2O. The van der Waals surface area contributed by atoms with Crippen LogP contribution in [0, 0.1) is 37.1 Å². The molecule has 0 saturated heterocycles. The van der Waals surface area contributed by atoms with E-state index in [1.165, 1.54) is 25.1 Å². The third kappa shape index (κ3) is 5.26. The summed E-state index contributed by atoms with van der Waals surface area (Å²) in [6, 6.07) is 4.37. The molecule has 1 unspecified atom stereocenters. The van der Waals surface area contributed by atoms with Crippen molar-refractivity contribution in [2.75, 3.05) is 0 Å². The number of hydrogen-bond acceptors (Lipinski definition) is 3. The zero-order chi connectivity index (χ0) is 20.0. The number of allylic oxidation sites excluding steroid dienone is 1. The van der Waals surface area contributed by atoms with Gasteiger partial charge < -0.3 is 5.43 Å². The lowest BCUT2D eigenvalue weighted by Crippen LogP contribution is -2.12. The molecule has 142 valence electrons. The van der Waals surface area contributed by atoms with E-state index in [4.69, 9.17) is 0 Å². The van der Waals surface area contributed by atoms with Gasteiger partial charge in [-0.25, -0.2) is 17.6 Å². The van der Waals surface area contributed by atoms with Gasteiger partial charge in [0.15, 0.2) is 0 Å². The number of carbonyl (C=O) groups excluding carboxylic acids is 1. The van der Waals surface area contributed by atoms with Crippen molar-refractivity contribution in [3.8, 4) is 0 Å². The van der Waals surface area contributed by atoms with Gasteiger partial charge in [-0.15, -0.1) is 0 Å². The van der Waals surface area contributed by atoms with Gasteiger partial charge in [0.05, 0.1) is 6.04 Å². The van der Waals surface area contributed by atoms with Gasteiger partial charge in [-0.05, 0) is 61.4 Å². The lowest BCUT2D eigenvalue weighted by Gasteiger charge is -2.11. The molecule has 0 bridgehead atoms. The Morgan fingerprint density at radius 2 is 1.59 bits per heavy atom. The first kappa shape index (κ1) is 20.4. The first-order valence-corrected chi connectivity index (χ1v) is 8.13. The summed E-state index contributed by atoms with van der Waals surface area (Å²) in [6.07, 6.45) is 5.11. The van der Waals surface area contributed by atoms with Crippen LogP contribution in [0.2, 0.25) is 0 Å². The zero-order valence-electron chi connectivity index (χ0n) is 14.8. The highest BCUT2D eigenvalue weighted by Crippen LogP contribution is 2.24. The van der Waals surface area contributed by atoms with Crippen LogP contribution < -0.4 is 5.43 Å². The first-order valence-electron chi connectivity index (χ1n) is 8.13. The maximum Gasteiger partial charge on any atom is 0.142 e. The molecule has 1 N–H and O–H groups in total. The van der Waals surface area contributed by atoms with Crippen molar-refractivity contribution in [1.29, 1.82) is 0 Å². The number of benzene rings is 2. The van der Waals surface area contributed by atoms with Crippen molar-refractivity contribution in [2.45, 2.75) is 26.3 Å². The van der Waals surface area contributed by atoms with E-state index in [1.54, 1.807) is 13.1 Å². The average molecular weight is 378 g/mol. The SMILES string of the molecule is Cc1cc(F)c(/C=C/C=O)cc1F.Cc1cc(F)c(C2CC=NN2)cc1F. The molecule has 0 aliphatic carbocycles. The van der Waals surface area contributed by atoms with Crippen LogP contribution in [-0.4, -0.2) is 12.5 Å². The predicted molar refractivity (Wildman–Crippen MR) is 96.3 cm³/mol. The predicted octanol–water partition coefficient (Wildman–Crippen LogP) is 4.78. The maximum atomic E-state index is 13.4. The van der Waals surface area contributed by atoms with Crippen LogP contribution in [0.15, 0.2) is 35.4 Å². The topological polar surface area (TPSA) is 41.5 Å². The summed E-state index contributed by atoms with van der Waals surface area (Å²) in [5.74, 6) is -1.77. The Bertz CT molecular complexity index is 886. The number of nitrogens with one attached hydrogen (secondary N) is 1. The second-order valence-electron chi connectivity index (χ2n) is 5.97. The molecule has 0 amide bonds. The van der Waals surface area contributed by atoms with Crippen LogP contribution in [-0.2, 0) is 4.79 Å². The molecule has 3 nitrogen and oxygen atoms in total. The average Bonchev–Trinajstić information content (AvgIpc) is 3.15. The summed E-state index contributed by atoms with van der Waals surface area (Å²) >= 11 is 0. The van der Waals surface area contributed by atoms with E-state index in [2.05, 4.69) is 10.5 Å². The van der Waals surface area contributed by atoms with Crippen molar-refractivity contribution in [2.24, 2.45) is 5.10 Å². The molecule has 0 spiro atoms. The third-order valence-corrected chi connectivity index (χ3v) is 3.95. The van der Waals surface area contributed by atoms with E-state index in [0.29, 0.717) is 23.8 Å². The fourth-order valence-electron chi connectivity index (χ4n) is 2.41. The van der Waals surface area contributed by atoms with Gasteiger partial charge in [0.25, 0.3) is 0 Å². The second kappa shape index (κ2) is 9.12. The summed E-state index contributed by atoms with van der Waals surface area (Å²) in [5, 5.41) is 3.77. The largest absolute Gasteiger partial charge is 0.302 e. The minimum absolute atomic E-state index is 0.0789. The standard InChI is InChI=1S/C10H10F2N2.C10H8F2O/c1-6-4-9(12)7(5-8(6)11)10-2-3-13-14-10;1-7-5-10(12)8(3-2-4-13)6-9(7)11/h3-5,10,14H,2H2,1H3;2-6H,1H3/b;3-2+. The minimum Gasteiger partial charge on any atom is -0.302 e. The third-order valence-electron chi connectivity index (χ3n) is 3.95. The molecule has 7 heteroatoms. The minimum atomic E-state index is -0.531. The Hall–Kier alpha value is -2.96. The van der Waals surface area contributed by atoms with Crippen molar-refractivity contribution >= 4 is 18.6 Å². The van der Waals surface area contributed by atoms with Crippen LogP contribution in [0.25, 0.3) is 6.08 Å². The molecule has 2 aromatic rings. The summed E-state index contributed by atoms with van der Waals surface area (Å²) in [7, 11) is 0. The van der Waals surface area contributed by atoms with Crippen LogP contribution in [0.4, 0.5) is 17.6 Å². The van der Waals surface area contributed by atoms with Gasteiger partial charge in [-0.1, -0.05) is 0 Å². The lowest BCUT2D eigenvalue weighted by atomic mass is 10.0. The van der Waals surface area contributed by atoms with Gasteiger partial charge in [0.2, 0.25) is 0 Å². The highest BCUT2D eigenvalue weighted by molar-refractivity contribution is 5.74. The van der Waals surface area contributed by atoms with E-state index in [0.717, 1.165) is 18.2 Å². The number of hydrazone groups is 1. The zero-order valence-corrected chi connectivity index (χ0v) is 14.8. The smallest absolute Gasteiger partial charge is 0.142 e. The van der Waals surface area contributed by atoms with Gasteiger partial charge in [-0.3, -0.25) is 4.79 Å². The second-order valence-corrected chi connectivity index (χ2v) is 5.97. The molecule has 0 aromatic heterocycles.